The van der Waals surface area contributed by atoms with Gasteiger partial charge in [-0.3, -0.25) is 9.78 Å². The van der Waals surface area contributed by atoms with Crippen molar-refractivity contribution < 1.29 is 22.0 Å². The molecule has 3 nitrogen and oxygen atoms in total. The van der Waals surface area contributed by atoms with E-state index >= 15 is 0 Å². The lowest BCUT2D eigenvalue weighted by molar-refractivity contribution is -0.172. The molecule has 0 radical (unpaired) electrons. The van der Waals surface area contributed by atoms with E-state index in [2.05, 4.69) is 9.97 Å². The van der Waals surface area contributed by atoms with Crippen LogP contribution in [0.3, 0.4) is 0 Å². The standard InChI is InChI=1S/C21H17F5N2O/c1-10-12(2-3-16(22)20(10)23)13-6-11(21(24,25)26)7-14(13)18-8-19(29)15-9-27-5-4-17(15)28-18/h2-5,8-9,11,13-14H,6-7H2,1H3,(H,28,29)/t11-,13-,14+/m0/s1. The third-order valence-corrected chi connectivity index (χ3v) is 5.86. The molecule has 4 rings (SSSR count). The number of benzene rings is 1. The van der Waals surface area contributed by atoms with Crippen LogP contribution in [0.1, 0.15) is 41.5 Å². The number of H-pyrrole nitrogens is 1. The first-order valence-electron chi connectivity index (χ1n) is 9.15. The second-order valence-corrected chi connectivity index (χ2v) is 7.51. The number of pyridine rings is 2. The lowest BCUT2D eigenvalue weighted by Crippen LogP contribution is -2.20. The topological polar surface area (TPSA) is 45.8 Å². The molecule has 0 amide bonds. The zero-order valence-electron chi connectivity index (χ0n) is 15.4. The number of nitrogens with zero attached hydrogens (tertiary/aromatic N) is 1. The summed E-state index contributed by atoms with van der Waals surface area (Å²) in [7, 11) is 0. The average Bonchev–Trinajstić information content (AvgIpc) is 3.12. The molecule has 1 aliphatic rings. The molecule has 3 aromatic rings. The van der Waals surface area contributed by atoms with Crippen LogP contribution in [0.5, 0.6) is 0 Å². The molecule has 1 aromatic carbocycles. The van der Waals surface area contributed by atoms with Gasteiger partial charge >= 0.3 is 6.18 Å². The Morgan fingerprint density at radius 1 is 1.10 bits per heavy atom. The van der Waals surface area contributed by atoms with Crippen molar-refractivity contribution in [3.8, 4) is 0 Å². The first-order chi connectivity index (χ1) is 13.7. The Hall–Kier alpha value is -2.77. The van der Waals surface area contributed by atoms with Crippen molar-refractivity contribution in [1.29, 1.82) is 0 Å². The van der Waals surface area contributed by atoms with E-state index in [1.54, 1.807) is 6.07 Å². The highest BCUT2D eigenvalue weighted by Gasteiger charge is 2.49. The highest BCUT2D eigenvalue weighted by Crippen LogP contribution is 2.53. The van der Waals surface area contributed by atoms with Gasteiger partial charge in [-0.25, -0.2) is 8.78 Å². The van der Waals surface area contributed by atoms with Crippen molar-refractivity contribution in [2.45, 2.75) is 37.8 Å². The Balaban J connectivity index is 1.85. The van der Waals surface area contributed by atoms with Crippen LogP contribution in [0.2, 0.25) is 0 Å². The van der Waals surface area contributed by atoms with Crippen LogP contribution >= 0.6 is 0 Å². The lowest BCUT2D eigenvalue weighted by Gasteiger charge is -2.22. The van der Waals surface area contributed by atoms with E-state index in [0.29, 0.717) is 22.2 Å². The van der Waals surface area contributed by atoms with Crippen molar-refractivity contribution in [1.82, 2.24) is 9.97 Å². The van der Waals surface area contributed by atoms with Gasteiger partial charge < -0.3 is 4.98 Å². The Kier molecular flexibility index (Phi) is 4.67. The Labute approximate surface area is 162 Å². The summed E-state index contributed by atoms with van der Waals surface area (Å²) < 4.78 is 68.2. The van der Waals surface area contributed by atoms with Crippen LogP contribution in [0.4, 0.5) is 22.0 Å². The van der Waals surface area contributed by atoms with Crippen LogP contribution in [-0.4, -0.2) is 16.1 Å². The summed E-state index contributed by atoms with van der Waals surface area (Å²) in [6.07, 6.45) is -2.04. The number of hydrogen-bond donors (Lipinski definition) is 1. The minimum absolute atomic E-state index is 0.00448. The van der Waals surface area contributed by atoms with E-state index in [0.717, 1.165) is 6.07 Å². The summed E-state index contributed by atoms with van der Waals surface area (Å²) in [4.78, 5) is 19.4. The molecule has 29 heavy (non-hydrogen) atoms. The number of rotatable bonds is 2. The van der Waals surface area contributed by atoms with Gasteiger partial charge in [0.25, 0.3) is 0 Å². The monoisotopic (exact) mass is 408 g/mol. The fourth-order valence-electron chi connectivity index (χ4n) is 4.37. The molecule has 0 bridgehead atoms. The van der Waals surface area contributed by atoms with Crippen LogP contribution in [0, 0.1) is 24.5 Å². The SMILES string of the molecule is Cc1c([C@@H]2C[C@H](C(F)(F)F)C[C@H]2c2cc(=O)c3cnccc3[nH]2)ccc(F)c1F. The van der Waals surface area contributed by atoms with Gasteiger partial charge in [0, 0.05) is 30.1 Å². The van der Waals surface area contributed by atoms with E-state index < -0.39 is 35.6 Å². The van der Waals surface area contributed by atoms with Crippen LogP contribution in [-0.2, 0) is 0 Å². The second-order valence-electron chi connectivity index (χ2n) is 7.51. The van der Waals surface area contributed by atoms with E-state index in [-0.39, 0.29) is 23.8 Å². The van der Waals surface area contributed by atoms with Gasteiger partial charge in [-0.15, -0.1) is 0 Å². The van der Waals surface area contributed by atoms with Gasteiger partial charge in [-0.05, 0) is 48.9 Å². The molecule has 3 atom stereocenters. The minimum Gasteiger partial charge on any atom is -0.358 e. The van der Waals surface area contributed by atoms with Gasteiger partial charge in [0.2, 0.25) is 0 Å². The molecular weight excluding hydrogens is 391 g/mol. The van der Waals surface area contributed by atoms with Gasteiger partial charge in [-0.1, -0.05) is 6.07 Å². The molecule has 1 fully saturated rings. The maximum absolute atomic E-state index is 14.1. The Morgan fingerprint density at radius 3 is 2.55 bits per heavy atom. The number of halogens is 5. The smallest absolute Gasteiger partial charge is 0.358 e. The molecule has 1 N–H and O–H groups in total. The summed E-state index contributed by atoms with van der Waals surface area (Å²) in [6.45, 7) is 1.36. The number of fused-ring (bicyclic) bond motifs is 1. The van der Waals surface area contributed by atoms with Crippen molar-refractivity contribution in [2.75, 3.05) is 0 Å². The van der Waals surface area contributed by atoms with Crippen molar-refractivity contribution in [3.63, 3.8) is 0 Å². The molecule has 0 aliphatic heterocycles. The van der Waals surface area contributed by atoms with Gasteiger partial charge in [0.05, 0.1) is 16.8 Å². The zero-order chi connectivity index (χ0) is 20.9. The molecule has 2 heterocycles. The second kappa shape index (κ2) is 6.93. The van der Waals surface area contributed by atoms with Crippen molar-refractivity contribution in [3.05, 3.63) is 75.3 Å². The van der Waals surface area contributed by atoms with Crippen LogP contribution in [0.25, 0.3) is 10.9 Å². The Bertz CT molecular complexity index is 1140. The lowest BCUT2D eigenvalue weighted by atomic mass is 9.84. The molecule has 0 spiro atoms. The quantitative estimate of drug-likeness (QED) is 0.581. The predicted molar refractivity (Wildman–Crippen MR) is 97.7 cm³/mol. The van der Waals surface area contributed by atoms with Crippen LogP contribution in [0.15, 0.2) is 41.5 Å². The molecule has 8 heteroatoms. The van der Waals surface area contributed by atoms with Crippen LogP contribution < -0.4 is 5.43 Å². The minimum atomic E-state index is -4.42. The number of nitrogens with one attached hydrogen (secondary N) is 1. The molecule has 2 aromatic heterocycles. The summed E-state index contributed by atoms with van der Waals surface area (Å²) in [5, 5.41) is 0.335. The van der Waals surface area contributed by atoms with Gasteiger partial charge in [-0.2, -0.15) is 13.2 Å². The summed E-state index contributed by atoms with van der Waals surface area (Å²) >= 11 is 0. The van der Waals surface area contributed by atoms with E-state index in [1.165, 1.54) is 31.5 Å². The van der Waals surface area contributed by atoms with Gasteiger partial charge in [0.15, 0.2) is 17.1 Å². The average molecular weight is 408 g/mol. The molecule has 1 saturated carbocycles. The fourth-order valence-corrected chi connectivity index (χ4v) is 4.37. The number of aromatic amines is 1. The molecule has 0 unspecified atom stereocenters. The summed E-state index contributed by atoms with van der Waals surface area (Å²) in [5.74, 6) is -5.08. The van der Waals surface area contributed by atoms with Crippen molar-refractivity contribution >= 4 is 10.9 Å². The van der Waals surface area contributed by atoms with Gasteiger partial charge in [0.1, 0.15) is 0 Å². The maximum atomic E-state index is 14.1. The maximum Gasteiger partial charge on any atom is 0.391 e. The van der Waals surface area contributed by atoms with E-state index in [9.17, 15) is 26.7 Å². The third-order valence-electron chi connectivity index (χ3n) is 5.86. The largest absolute Gasteiger partial charge is 0.391 e. The van der Waals surface area contributed by atoms with E-state index in [1.807, 2.05) is 0 Å². The number of aromatic nitrogens is 2. The third kappa shape index (κ3) is 3.41. The summed E-state index contributed by atoms with van der Waals surface area (Å²) in [5.41, 5.74) is 0.804. The first kappa shape index (κ1) is 19.5. The van der Waals surface area contributed by atoms with E-state index in [4.69, 9.17) is 0 Å². The molecular formula is C21H17F5N2O. The Morgan fingerprint density at radius 2 is 1.83 bits per heavy atom. The first-order valence-corrected chi connectivity index (χ1v) is 9.15. The zero-order valence-corrected chi connectivity index (χ0v) is 15.4. The normalized spacial score (nSPS) is 22.3. The number of alkyl halides is 3. The highest BCUT2D eigenvalue weighted by molar-refractivity contribution is 5.77. The fraction of sp³-hybridized carbons (Fsp3) is 0.333. The summed E-state index contributed by atoms with van der Waals surface area (Å²) in [6, 6.07) is 5.14. The molecule has 0 saturated heterocycles. The highest BCUT2D eigenvalue weighted by atomic mass is 19.4. The molecule has 1 aliphatic carbocycles. The number of hydrogen-bond acceptors (Lipinski definition) is 2. The molecule has 152 valence electrons. The predicted octanol–water partition coefficient (Wildman–Crippen LogP) is 5.35. The van der Waals surface area contributed by atoms with Crippen molar-refractivity contribution in [2.24, 2.45) is 5.92 Å².